The van der Waals surface area contributed by atoms with Gasteiger partial charge in [-0.15, -0.1) is 0 Å². The number of nitrogens with one attached hydrogen (secondary N) is 4. The Kier molecular flexibility index (Phi) is 22.4. The lowest BCUT2D eigenvalue weighted by Crippen LogP contribution is -2.60. The molecule has 20 nitrogen and oxygen atoms in total. The van der Waals surface area contributed by atoms with Gasteiger partial charge in [0.1, 0.15) is 42.0 Å². The molecule has 5 amide bonds. The molecule has 1 aliphatic rings. The molecule has 0 spiro atoms. The number of amides is 5. The fourth-order valence-corrected chi connectivity index (χ4v) is 7.03. The Bertz CT molecular complexity index is 1680. The number of hydrogen-bond acceptors (Lipinski definition) is 10. The molecule has 10 N–H and O–H groups in total. The molecule has 20 heteroatoms. The molecule has 7 atom stereocenters. The second kappa shape index (κ2) is 26.6. The molecule has 0 unspecified atom stereocenters. The molecule has 1 fully saturated rings. The fourth-order valence-electron chi connectivity index (χ4n) is 7.03. The number of carbonyl (C=O) groups excluding carboxylic acids is 5. The summed E-state index contributed by atoms with van der Waals surface area (Å²) in [4.78, 5) is 91.9. The van der Waals surface area contributed by atoms with Crippen LogP contribution in [-0.2, 0) is 35.2 Å². The second-order valence-electron chi connectivity index (χ2n) is 16.4. The number of phenols is 1. The topological polar surface area (TPSA) is 311 Å². The van der Waals surface area contributed by atoms with E-state index in [1.54, 1.807) is 19.1 Å². The van der Waals surface area contributed by atoms with E-state index in [-0.39, 0.29) is 62.8 Å². The number of aromatic hydroxyl groups is 1. The average Bonchev–Trinajstić information content (AvgIpc) is 3.70. The van der Waals surface area contributed by atoms with Crippen LogP contribution >= 0.6 is 0 Å². The van der Waals surface area contributed by atoms with Crippen LogP contribution < -0.4 is 32.7 Å². The molecule has 0 radical (unpaired) electrons. The molecule has 1 heterocycles. The zero-order chi connectivity index (χ0) is 45.6. The summed E-state index contributed by atoms with van der Waals surface area (Å²) in [5, 5.41) is 34.2. The van der Waals surface area contributed by atoms with Crippen molar-refractivity contribution >= 4 is 41.5 Å². The van der Waals surface area contributed by atoms with Gasteiger partial charge in [-0.3, -0.25) is 29.0 Å². The van der Waals surface area contributed by atoms with Crippen molar-refractivity contribution in [1.82, 2.24) is 31.1 Å². The van der Waals surface area contributed by atoms with Gasteiger partial charge in [0.25, 0.3) is 0 Å². The molecule has 0 bridgehead atoms. The number of aliphatic imine (C=N–C) groups is 1. The molecule has 1 saturated heterocycles. The van der Waals surface area contributed by atoms with Crippen molar-refractivity contribution in [2.45, 2.75) is 135 Å². The number of likely N-dealkylation sites (tertiary alicyclic amines) is 1. The van der Waals surface area contributed by atoms with Gasteiger partial charge < -0.3 is 52.7 Å². The highest BCUT2D eigenvalue weighted by molar-refractivity contribution is 5.97. The third-order valence-electron chi connectivity index (χ3n) is 10.6. The van der Waals surface area contributed by atoms with Crippen molar-refractivity contribution in [3.8, 4) is 5.75 Å². The van der Waals surface area contributed by atoms with E-state index < -0.39 is 77.7 Å². The Labute approximate surface area is 358 Å². The summed E-state index contributed by atoms with van der Waals surface area (Å²) in [5.74, 6) is -5.05. The van der Waals surface area contributed by atoms with E-state index in [1.807, 2.05) is 39.8 Å². The van der Waals surface area contributed by atoms with Gasteiger partial charge in [-0.05, 0) is 101 Å². The number of unbranched alkanes of at least 4 members (excludes halogenated alkanes) is 2. The third-order valence-corrected chi connectivity index (χ3v) is 10.6. The molecule has 0 aliphatic carbocycles. The van der Waals surface area contributed by atoms with Crippen molar-refractivity contribution < 1.29 is 39.0 Å². The highest BCUT2D eigenvalue weighted by atomic mass is 16.4. The Morgan fingerprint density at radius 2 is 1.57 bits per heavy atom. The maximum atomic E-state index is 14.3. The quantitative estimate of drug-likeness (QED) is 0.0158. The first-order valence-electron chi connectivity index (χ1n) is 21.1. The summed E-state index contributed by atoms with van der Waals surface area (Å²) in [5.41, 5.74) is 20.8. The van der Waals surface area contributed by atoms with Crippen LogP contribution in [0, 0.1) is 11.8 Å². The van der Waals surface area contributed by atoms with Crippen LogP contribution in [0.2, 0.25) is 0 Å². The van der Waals surface area contributed by atoms with Gasteiger partial charge in [0.2, 0.25) is 29.5 Å². The first kappa shape index (κ1) is 51.5. The Morgan fingerprint density at radius 3 is 2.16 bits per heavy atom. The van der Waals surface area contributed by atoms with Crippen LogP contribution in [0.5, 0.6) is 5.75 Å². The largest absolute Gasteiger partial charge is 0.508 e. The number of hydrogen-bond donors (Lipinski definition) is 8. The number of guanidine groups is 1. The Morgan fingerprint density at radius 1 is 0.902 bits per heavy atom. The van der Waals surface area contributed by atoms with Crippen LogP contribution in [0.25, 0.3) is 10.4 Å². The number of carboxylic acid groups (broad SMARTS) is 1. The van der Waals surface area contributed by atoms with Gasteiger partial charge in [-0.2, -0.15) is 0 Å². The highest BCUT2D eigenvalue weighted by Gasteiger charge is 2.40. The molecule has 61 heavy (non-hydrogen) atoms. The summed E-state index contributed by atoms with van der Waals surface area (Å²) in [6, 6.07) is -0.808. The first-order valence-corrected chi connectivity index (χ1v) is 21.1. The number of phenolic OH excluding ortho intramolecular Hbond substituents is 1. The lowest BCUT2D eigenvalue weighted by molar-refractivity contribution is -0.143. The van der Waals surface area contributed by atoms with Crippen molar-refractivity contribution in [2.75, 3.05) is 33.7 Å². The predicted octanol–water partition coefficient (Wildman–Crippen LogP) is 1.90. The van der Waals surface area contributed by atoms with E-state index in [2.05, 4.69) is 36.3 Å². The van der Waals surface area contributed by atoms with E-state index in [1.165, 1.54) is 17.0 Å². The van der Waals surface area contributed by atoms with Gasteiger partial charge >= 0.3 is 5.97 Å². The number of nitrogens with zero attached hydrogens (tertiary/aromatic N) is 6. The number of benzene rings is 1. The smallest absolute Gasteiger partial charge is 0.326 e. The van der Waals surface area contributed by atoms with Crippen LogP contribution in [-0.4, -0.2) is 131 Å². The number of carboxylic acids is 1. The number of aliphatic carboxylic acids is 1. The van der Waals surface area contributed by atoms with E-state index >= 15 is 0 Å². The van der Waals surface area contributed by atoms with Gasteiger partial charge in [0.05, 0.1) is 0 Å². The molecule has 1 aliphatic heterocycles. The molecule has 1 aromatic carbocycles. The Hall–Kier alpha value is -5.62. The second-order valence-corrected chi connectivity index (χ2v) is 16.4. The third kappa shape index (κ3) is 18.3. The number of nitrogens with two attached hydrogens (primary N) is 2. The van der Waals surface area contributed by atoms with Crippen LogP contribution in [0.4, 0.5) is 0 Å². The fraction of sp³-hybridized carbons (Fsp3) is 0.683. The lowest BCUT2D eigenvalue weighted by atomic mass is 9.96. The summed E-state index contributed by atoms with van der Waals surface area (Å²) in [6.45, 7) is 8.42. The van der Waals surface area contributed by atoms with E-state index in [0.717, 1.165) is 19.4 Å². The predicted molar refractivity (Wildman–Crippen MR) is 231 cm³/mol. The maximum Gasteiger partial charge on any atom is 0.326 e. The molecular weight excluding hydrogens is 789 g/mol. The SMILES string of the molecule is CC[C@H](C)[C@@H](NC(=O)[C@@H](Cc1ccc(O)cc1)NC(=O)[C@H]1CCCN1C(=O)[C@@H](CCCN=C(N)N)NC(=O)[C@H](CCCCCN(C)C)N=[N+]=[N-])C(=O)N[C@H](CC(C)C)C(=O)O. The van der Waals surface area contributed by atoms with E-state index in [4.69, 9.17) is 11.5 Å². The maximum absolute atomic E-state index is 14.3. The van der Waals surface area contributed by atoms with Crippen molar-refractivity contribution in [3.05, 3.63) is 40.3 Å². The normalized spacial score (nSPS) is 16.6. The zero-order valence-electron chi connectivity index (χ0n) is 36.5. The molecule has 0 saturated carbocycles. The van der Waals surface area contributed by atoms with Crippen LogP contribution in [0.15, 0.2) is 34.4 Å². The average molecular weight is 857 g/mol. The molecule has 2 rings (SSSR count). The number of rotatable bonds is 27. The number of azide groups is 1. The first-order chi connectivity index (χ1) is 28.9. The minimum Gasteiger partial charge on any atom is -0.508 e. The van der Waals surface area contributed by atoms with Crippen molar-refractivity contribution in [3.63, 3.8) is 0 Å². The van der Waals surface area contributed by atoms with Crippen LogP contribution in [0.1, 0.15) is 97.5 Å². The van der Waals surface area contributed by atoms with Gasteiger partial charge in [-0.25, -0.2) is 4.79 Å². The summed E-state index contributed by atoms with van der Waals surface area (Å²) >= 11 is 0. The minimum absolute atomic E-state index is 0.0116. The molecular formula is C41H68N12O8. The summed E-state index contributed by atoms with van der Waals surface area (Å²) in [6.07, 6.45) is 4.23. The van der Waals surface area contributed by atoms with Crippen molar-refractivity contribution in [1.29, 1.82) is 0 Å². The molecule has 1 aromatic rings. The lowest BCUT2D eigenvalue weighted by Gasteiger charge is -2.31. The van der Waals surface area contributed by atoms with Crippen LogP contribution in [0.3, 0.4) is 0 Å². The molecule has 0 aromatic heterocycles. The van der Waals surface area contributed by atoms with Gasteiger partial charge in [0, 0.05) is 24.4 Å². The van der Waals surface area contributed by atoms with E-state index in [0.29, 0.717) is 31.2 Å². The standard InChI is InChI=1S/C41H68N12O8/c1-7-26(4)34(38(58)48-32(40(60)61)23-25(2)3)49-36(56)31(24-27-16-18-28(54)19-17-27)47-37(57)33-15-12-22-53(33)39(59)30(14-11-20-45-41(42)43)46-35(55)29(50-51-44)13-9-8-10-21-52(5)6/h16-19,25-26,29-34,54H,7-15,20-24H2,1-6H3,(H,46,55)(H,47,57)(H,48,58)(H,49,56)(H,60,61)(H4,42,43,45)/t26-,29-,30+,31+,32+,33+,34+/m0/s1. The minimum atomic E-state index is -1.27. The van der Waals surface area contributed by atoms with Gasteiger partial charge in [0.15, 0.2) is 5.96 Å². The highest BCUT2D eigenvalue weighted by Crippen LogP contribution is 2.22. The van der Waals surface area contributed by atoms with E-state index in [9.17, 15) is 44.5 Å². The monoisotopic (exact) mass is 857 g/mol. The van der Waals surface area contributed by atoms with Crippen molar-refractivity contribution in [2.24, 2.45) is 33.4 Å². The van der Waals surface area contributed by atoms with Gasteiger partial charge in [-0.1, -0.05) is 64.2 Å². The summed E-state index contributed by atoms with van der Waals surface area (Å²) < 4.78 is 0. The zero-order valence-corrected chi connectivity index (χ0v) is 36.5. The summed E-state index contributed by atoms with van der Waals surface area (Å²) in [7, 11) is 3.92. The molecule has 340 valence electrons. The number of carbonyl (C=O) groups is 6. The Balaban J connectivity index is 2.38.